The van der Waals surface area contributed by atoms with Crippen LogP contribution in [0.25, 0.3) is 10.9 Å². The van der Waals surface area contributed by atoms with Crippen LogP contribution in [0.2, 0.25) is 0 Å². The summed E-state index contributed by atoms with van der Waals surface area (Å²) < 4.78 is 30.8. The number of benzene rings is 1. The first kappa shape index (κ1) is 21.5. The highest BCUT2D eigenvalue weighted by atomic mass is 32.2. The number of nitrogens with zero attached hydrogens (tertiary/aromatic N) is 2. The zero-order valence-electron chi connectivity index (χ0n) is 17.6. The first-order valence-corrected chi connectivity index (χ1v) is 12.1. The predicted molar refractivity (Wildman–Crippen MR) is 121 cm³/mol. The molecule has 1 aliphatic rings. The number of hydrogen-bond acceptors (Lipinski definition) is 4. The summed E-state index contributed by atoms with van der Waals surface area (Å²) >= 11 is 0. The number of aromatic nitrogens is 2. The lowest BCUT2D eigenvalue weighted by molar-refractivity contribution is -0.134. The number of nitrogen functional groups attached to an aromatic ring is 1. The van der Waals surface area contributed by atoms with Gasteiger partial charge in [0.05, 0.1) is 4.90 Å². The average Bonchev–Trinajstić information content (AvgIpc) is 3.39. The Morgan fingerprint density at radius 3 is 2.74 bits per heavy atom. The maximum absolute atomic E-state index is 13.3. The third kappa shape index (κ3) is 4.77. The highest BCUT2D eigenvalue weighted by molar-refractivity contribution is 7.89. The number of sulfonamides is 1. The smallest absolute Gasteiger partial charge is 0.241 e. The molecule has 4 N–H and O–H groups in total. The van der Waals surface area contributed by atoms with Gasteiger partial charge in [-0.1, -0.05) is 6.92 Å². The molecule has 31 heavy (non-hydrogen) atoms. The number of carbonyl (C=O) groups is 1. The lowest BCUT2D eigenvalue weighted by Gasteiger charge is -2.33. The molecule has 0 aliphatic carbocycles. The topological polar surface area (TPSA) is 113 Å². The number of aromatic amines is 1. The first-order chi connectivity index (χ1) is 14.8. The van der Waals surface area contributed by atoms with E-state index in [2.05, 4.69) is 16.6 Å². The summed E-state index contributed by atoms with van der Waals surface area (Å²) in [7, 11) is -3.88. The van der Waals surface area contributed by atoms with Gasteiger partial charge in [0, 0.05) is 42.9 Å². The van der Waals surface area contributed by atoms with Crippen LogP contribution in [0.1, 0.15) is 26.2 Å². The highest BCUT2D eigenvalue weighted by Crippen LogP contribution is 2.21. The fraction of sp³-hybridized carbons (Fsp3) is 0.409. The summed E-state index contributed by atoms with van der Waals surface area (Å²) in [6, 6.07) is 9.46. The molecule has 2 aromatic heterocycles. The minimum Gasteiger partial charge on any atom is -0.385 e. The van der Waals surface area contributed by atoms with Crippen LogP contribution in [-0.4, -0.2) is 47.9 Å². The molecule has 1 unspecified atom stereocenters. The van der Waals surface area contributed by atoms with E-state index in [1.165, 1.54) is 0 Å². The van der Waals surface area contributed by atoms with E-state index >= 15 is 0 Å². The number of piperidine rings is 1. The second-order valence-corrected chi connectivity index (χ2v) is 10.0. The Morgan fingerprint density at radius 2 is 2.03 bits per heavy atom. The Morgan fingerprint density at radius 1 is 1.26 bits per heavy atom. The quantitative estimate of drug-likeness (QED) is 0.521. The lowest BCUT2D eigenvalue weighted by Crippen LogP contribution is -2.50. The molecule has 166 valence electrons. The molecule has 3 heterocycles. The highest BCUT2D eigenvalue weighted by Gasteiger charge is 2.31. The molecular formula is C22H29N5O3S. The van der Waals surface area contributed by atoms with Crippen molar-refractivity contribution in [3.05, 3.63) is 48.8 Å². The molecule has 8 nitrogen and oxygen atoms in total. The molecule has 1 aromatic carbocycles. The van der Waals surface area contributed by atoms with Gasteiger partial charge in [0.25, 0.3) is 0 Å². The maximum Gasteiger partial charge on any atom is 0.241 e. The number of carbonyl (C=O) groups excluding carboxylic acids is 1. The van der Waals surface area contributed by atoms with Crippen molar-refractivity contribution < 1.29 is 13.2 Å². The zero-order chi connectivity index (χ0) is 22.0. The predicted octanol–water partition coefficient (Wildman–Crippen LogP) is 2.55. The molecular weight excluding hydrogens is 414 g/mol. The second-order valence-electron chi connectivity index (χ2n) is 8.32. The number of nitrogens with two attached hydrogens (primary N) is 1. The van der Waals surface area contributed by atoms with Crippen LogP contribution in [0.15, 0.2) is 53.7 Å². The Labute approximate surface area is 182 Å². The van der Waals surface area contributed by atoms with Crippen molar-refractivity contribution in [1.29, 1.82) is 0 Å². The molecule has 1 fully saturated rings. The van der Waals surface area contributed by atoms with Crippen LogP contribution in [0.4, 0.5) is 5.82 Å². The minimum absolute atomic E-state index is 0.144. The SMILES string of the molecule is CC1CCN(C(=O)C(CCn2cccc2N)NS(=O)(=O)c2ccc3[nH]ccc3c2)CC1. The van der Waals surface area contributed by atoms with E-state index in [1.54, 1.807) is 35.4 Å². The number of anilines is 1. The Bertz CT molecular complexity index is 1160. The average molecular weight is 444 g/mol. The molecule has 4 rings (SSSR count). The summed E-state index contributed by atoms with van der Waals surface area (Å²) in [5, 5.41) is 0.802. The number of amides is 1. The van der Waals surface area contributed by atoms with E-state index < -0.39 is 16.1 Å². The molecule has 1 saturated heterocycles. The molecule has 0 bridgehead atoms. The standard InChI is InChI=1S/C22H29N5O3S/c1-16-7-12-27(13-8-16)22(28)20(9-14-26-11-2-3-21(26)23)25-31(29,30)18-4-5-19-17(15-18)6-10-24-19/h2-6,10-11,15-16,20,24-25H,7-9,12-14,23H2,1H3. The number of aryl methyl sites for hydroxylation is 1. The molecule has 1 amide bonds. The largest absolute Gasteiger partial charge is 0.385 e. The Hall–Kier alpha value is -2.78. The Kier molecular flexibility index (Phi) is 6.06. The van der Waals surface area contributed by atoms with Crippen molar-refractivity contribution in [3.8, 4) is 0 Å². The molecule has 0 radical (unpaired) electrons. The van der Waals surface area contributed by atoms with Gasteiger partial charge in [-0.25, -0.2) is 8.42 Å². The van der Waals surface area contributed by atoms with Crippen molar-refractivity contribution in [1.82, 2.24) is 19.2 Å². The van der Waals surface area contributed by atoms with Crippen LogP contribution in [0, 0.1) is 5.92 Å². The fourth-order valence-electron chi connectivity index (χ4n) is 4.04. The molecule has 3 aromatic rings. The van der Waals surface area contributed by atoms with E-state index in [1.807, 2.05) is 22.9 Å². The number of H-pyrrole nitrogens is 1. The van der Waals surface area contributed by atoms with E-state index in [0.29, 0.717) is 37.8 Å². The molecule has 9 heteroatoms. The molecule has 1 atom stereocenters. The van der Waals surface area contributed by atoms with Gasteiger partial charge in [-0.3, -0.25) is 4.79 Å². The van der Waals surface area contributed by atoms with Gasteiger partial charge in [-0.05, 0) is 61.6 Å². The van der Waals surface area contributed by atoms with Crippen molar-refractivity contribution >= 4 is 32.7 Å². The number of rotatable bonds is 7. The number of likely N-dealkylation sites (tertiary alicyclic amines) is 1. The second kappa shape index (κ2) is 8.76. The summed E-state index contributed by atoms with van der Waals surface area (Å²) in [6.07, 6.45) is 5.77. The van der Waals surface area contributed by atoms with Crippen LogP contribution in [0.5, 0.6) is 0 Å². The van der Waals surface area contributed by atoms with Gasteiger partial charge in [-0.15, -0.1) is 0 Å². The van der Waals surface area contributed by atoms with Crippen molar-refractivity contribution in [2.75, 3.05) is 18.8 Å². The van der Waals surface area contributed by atoms with Crippen LogP contribution in [0.3, 0.4) is 0 Å². The third-order valence-electron chi connectivity index (χ3n) is 6.05. The molecule has 1 aliphatic heterocycles. The van der Waals surface area contributed by atoms with Gasteiger partial charge in [-0.2, -0.15) is 4.72 Å². The van der Waals surface area contributed by atoms with Gasteiger partial charge in [0.2, 0.25) is 15.9 Å². The van der Waals surface area contributed by atoms with E-state index in [0.717, 1.165) is 23.7 Å². The molecule has 0 spiro atoms. The number of nitrogens with one attached hydrogen (secondary N) is 2. The number of hydrogen-bond donors (Lipinski definition) is 3. The summed E-state index contributed by atoms with van der Waals surface area (Å²) in [5.74, 6) is 0.981. The van der Waals surface area contributed by atoms with Crippen LogP contribution >= 0.6 is 0 Å². The lowest BCUT2D eigenvalue weighted by atomic mass is 9.98. The fourth-order valence-corrected chi connectivity index (χ4v) is 5.29. The molecule has 0 saturated carbocycles. The minimum atomic E-state index is -3.88. The maximum atomic E-state index is 13.3. The monoisotopic (exact) mass is 443 g/mol. The van der Waals surface area contributed by atoms with Gasteiger partial charge in [0.1, 0.15) is 11.9 Å². The normalized spacial score (nSPS) is 16.6. The zero-order valence-corrected chi connectivity index (χ0v) is 18.4. The van der Waals surface area contributed by atoms with Crippen molar-refractivity contribution in [2.45, 2.75) is 43.7 Å². The van der Waals surface area contributed by atoms with Gasteiger partial charge < -0.3 is 20.2 Å². The third-order valence-corrected chi connectivity index (χ3v) is 7.52. The van der Waals surface area contributed by atoms with Gasteiger partial charge >= 0.3 is 0 Å². The summed E-state index contributed by atoms with van der Waals surface area (Å²) in [4.78, 5) is 18.3. The van der Waals surface area contributed by atoms with Crippen molar-refractivity contribution in [3.63, 3.8) is 0 Å². The number of fused-ring (bicyclic) bond motifs is 1. The first-order valence-electron chi connectivity index (χ1n) is 10.6. The van der Waals surface area contributed by atoms with E-state index in [9.17, 15) is 13.2 Å². The van der Waals surface area contributed by atoms with Crippen LogP contribution < -0.4 is 10.5 Å². The van der Waals surface area contributed by atoms with Crippen LogP contribution in [-0.2, 0) is 21.4 Å². The van der Waals surface area contributed by atoms with E-state index in [4.69, 9.17) is 5.73 Å². The Balaban J connectivity index is 1.56. The summed E-state index contributed by atoms with van der Waals surface area (Å²) in [6.45, 7) is 3.92. The summed E-state index contributed by atoms with van der Waals surface area (Å²) in [5.41, 5.74) is 6.81. The van der Waals surface area contributed by atoms with E-state index in [-0.39, 0.29) is 10.8 Å². The van der Waals surface area contributed by atoms with Crippen molar-refractivity contribution in [2.24, 2.45) is 5.92 Å². The van der Waals surface area contributed by atoms with Gasteiger partial charge in [0.15, 0.2) is 0 Å².